The van der Waals surface area contributed by atoms with Gasteiger partial charge < -0.3 is 10.1 Å². The molecule has 15 heavy (non-hydrogen) atoms. The van der Waals surface area contributed by atoms with Crippen LogP contribution in [-0.2, 0) is 4.74 Å². The molecule has 1 rings (SSSR count). The van der Waals surface area contributed by atoms with Crippen molar-refractivity contribution in [1.82, 2.24) is 5.32 Å². The van der Waals surface area contributed by atoms with E-state index < -0.39 is 5.60 Å². The fraction of sp³-hybridized carbons (Fsp3) is 0.917. The lowest BCUT2D eigenvalue weighted by Gasteiger charge is -2.24. The Morgan fingerprint density at radius 3 is 2.27 bits per heavy atom. The summed E-state index contributed by atoms with van der Waals surface area (Å²) in [6.07, 6.45) is 2.95. The van der Waals surface area contributed by atoms with Crippen molar-refractivity contribution >= 4 is 6.09 Å². The highest BCUT2D eigenvalue weighted by molar-refractivity contribution is 5.69. The number of hydrogen-bond donors (Lipinski definition) is 1. The Hall–Kier alpha value is -0.730. The Kier molecular flexibility index (Phi) is 3.31. The highest BCUT2D eigenvalue weighted by atomic mass is 16.6. The third-order valence-electron chi connectivity index (χ3n) is 2.42. The van der Waals surface area contributed by atoms with Gasteiger partial charge in [0.05, 0.1) is 0 Å². The van der Waals surface area contributed by atoms with E-state index in [1.54, 1.807) is 0 Å². The topological polar surface area (TPSA) is 38.3 Å². The van der Waals surface area contributed by atoms with Crippen molar-refractivity contribution in [2.45, 2.75) is 65.0 Å². The van der Waals surface area contributed by atoms with Crippen molar-refractivity contribution in [1.29, 1.82) is 0 Å². The molecule has 0 unspecified atom stereocenters. The molecule has 1 amide bonds. The average Bonchev–Trinajstić information content (AvgIpc) is 2.61. The second-order valence-corrected chi connectivity index (χ2v) is 6.01. The van der Waals surface area contributed by atoms with Crippen LogP contribution >= 0.6 is 0 Å². The van der Waals surface area contributed by atoms with Gasteiger partial charge in [-0.05, 0) is 46.0 Å². The normalized spacial score (nSPS) is 18.8. The van der Waals surface area contributed by atoms with E-state index in [0.717, 1.165) is 19.3 Å². The molecule has 3 nitrogen and oxygen atoms in total. The van der Waals surface area contributed by atoms with E-state index in [0.29, 0.717) is 5.92 Å². The molecule has 0 bridgehead atoms. The largest absolute Gasteiger partial charge is 0.444 e. The van der Waals surface area contributed by atoms with Crippen molar-refractivity contribution in [3.8, 4) is 0 Å². The zero-order chi connectivity index (χ0) is 11.7. The number of ether oxygens (including phenoxy) is 1. The van der Waals surface area contributed by atoms with Crippen LogP contribution in [0.3, 0.4) is 0 Å². The second-order valence-electron chi connectivity index (χ2n) is 6.01. The molecule has 0 heterocycles. The Balaban J connectivity index is 2.38. The Morgan fingerprint density at radius 2 is 1.93 bits per heavy atom. The van der Waals surface area contributed by atoms with Crippen molar-refractivity contribution in [2.24, 2.45) is 5.92 Å². The standard InChI is InChI=1S/C12H23NO2/c1-9(2)8-12(6-7-12)13-10(14)15-11(3,4)5/h9H,6-8H2,1-5H3,(H,13,14). The van der Waals surface area contributed by atoms with Crippen LogP contribution in [0, 0.1) is 5.92 Å². The zero-order valence-electron chi connectivity index (χ0n) is 10.5. The number of amides is 1. The van der Waals surface area contributed by atoms with Gasteiger partial charge in [-0.3, -0.25) is 0 Å². The van der Waals surface area contributed by atoms with E-state index in [9.17, 15) is 4.79 Å². The van der Waals surface area contributed by atoms with Crippen LogP contribution in [0.25, 0.3) is 0 Å². The summed E-state index contributed by atoms with van der Waals surface area (Å²) < 4.78 is 5.25. The molecule has 3 heteroatoms. The molecule has 0 aromatic heterocycles. The van der Waals surface area contributed by atoms with Gasteiger partial charge in [-0.2, -0.15) is 0 Å². The first-order valence-electron chi connectivity index (χ1n) is 5.74. The molecule has 0 aromatic rings. The molecule has 88 valence electrons. The highest BCUT2D eigenvalue weighted by Gasteiger charge is 2.44. The maximum absolute atomic E-state index is 11.6. The first kappa shape index (κ1) is 12.3. The minimum atomic E-state index is -0.405. The molecule has 0 aliphatic heterocycles. The molecule has 1 aliphatic carbocycles. The van der Waals surface area contributed by atoms with E-state index in [4.69, 9.17) is 4.74 Å². The molecule has 0 saturated heterocycles. The van der Waals surface area contributed by atoms with E-state index in [1.807, 2.05) is 20.8 Å². The maximum Gasteiger partial charge on any atom is 0.408 e. The minimum absolute atomic E-state index is 0.0382. The molecule has 0 spiro atoms. The quantitative estimate of drug-likeness (QED) is 0.782. The molecule has 0 aromatic carbocycles. The number of nitrogens with one attached hydrogen (secondary N) is 1. The van der Waals surface area contributed by atoms with Crippen LogP contribution in [0.1, 0.15) is 53.9 Å². The van der Waals surface area contributed by atoms with Crippen LogP contribution in [0.4, 0.5) is 4.79 Å². The predicted molar refractivity (Wildman–Crippen MR) is 60.8 cm³/mol. The first-order chi connectivity index (χ1) is 6.72. The van der Waals surface area contributed by atoms with Crippen molar-refractivity contribution in [3.63, 3.8) is 0 Å². The third-order valence-corrected chi connectivity index (χ3v) is 2.42. The van der Waals surface area contributed by atoms with Gasteiger partial charge in [-0.15, -0.1) is 0 Å². The number of hydrogen-bond acceptors (Lipinski definition) is 2. The fourth-order valence-corrected chi connectivity index (χ4v) is 1.83. The summed E-state index contributed by atoms with van der Waals surface area (Å²) in [5.41, 5.74) is -0.367. The number of carbonyl (C=O) groups is 1. The minimum Gasteiger partial charge on any atom is -0.444 e. The van der Waals surface area contributed by atoms with Crippen molar-refractivity contribution < 1.29 is 9.53 Å². The molecular formula is C12H23NO2. The van der Waals surface area contributed by atoms with Crippen LogP contribution in [0.15, 0.2) is 0 Å². The summed E-state index contributed by atoms with van der Waals surface area (Å²) >= 11 is 0. The molecule has 0 radical (unpaired) electrons. The van der Waals surface area contributed by atoms with Gasteiger partial charge in [-0.1, -0.05) is 13.8 Å². The molecular weight excluding hydrogens is 190 g/mol. The van der Waals surface area contributed by atoms with E-state index in [-0.39, 0.29) is 11.6 Å². The van der Waals surface area contributed by atoms with Crippen molar-refractivity contribution in [3.05, 3.63) is 0 Å². The van der Waals surface area contributed by atoms with Crippen LogP contribution in [0.2, 0.25) is 0 Å². The lowest BCUT2D eigenvalue weighted by atomic mass is 10.0. The summed E-state index contributed by atoms with van der Waals surface area (Å²) in [6, 6.07) is 0. The predicted octanol–water partition coefficient (Wildman–Crippen LogP) is 3.09. The van der Waals surface area contributed by atoms with Gasteiger partial charge in [0, 0.05) is 5.54 Å². The summed E-state index contributed by atoms with van der Waals surface area (Å²) in [7, 11) is 0. The number of carbonyl (C=O) groups excluding carboxylic acids is 1. The Labute approximate surface area is 92.6 Å². The van der Waals surface area contributed by atoms with E-state index in [2.05, 4.69) is 19.2 Å². The highest BCUT2D eigenvalue weighted by Crippen LogP contribution is 2.41. The summed E-state index contributed by atoms with van der Waals surface area (Å²) in [6.45, 7) is 10.0. The van der Waals surface area contributed by atoms with E-state index in [1.165, 1.54) is 0 Å². The van der Waals surface area contributed by atoms with Gasteiger partial charge in [0.15, 0.2) is 0 Å². The summed E-state index contributed by atoms with van der Waals surface area (Å²) in [4.78, 5) is 11.6. The van der Waals surface area contributed by atoms with Crippen molar-refractivity contribution in [2.75, 3.05) is 0 Å². The van der Waals surface area contributed by atoms with Gasteiger partial charge in [0.2, 0.25) is 0 Å². The maximum atomic E-state index is 11.6. The Morgan fingerprint density at radius 1 is 1.40 bits per heavy atom. The van der Waals surface area contributed by atoms with Gasteiger partial charge >= 0.3 is 6.09 Å². The Bertz CT molecular complexity index is 236. The SMILES string of the molecule is CC(C)CC1(NC(=O)OC(C)(C)C)CC1. The van der Waals surface area contributed by atoms with Crippen LogP contribution < -0.4 is 5.32 Å². The average molecular weight is 213 g/mol. The van der Waals surface area contributed by atoms with Crippen LogP contribution in [-0.4, -0.2) is 17.2 Å². The van der Waals surface area contributed by atoms with Gasteiger partial charge in [-0.25, -0.2) is 4.79 Å². The van der Waals surface area contributed by atoms with Gasteiger partial charge in [0.25, 0.3) is 0 Å². The van der Waals surface area contributed by atoms with Crippen LogP contribution in [0.5, 0.6) is 0 Å². The third kappa shape index (κ3) is 4.54. The molecule has 1 aliphatic rings. The van der Waals surface area contributed by atoms with Gasteiger partial charge in [0.1, 0.15) is 5.60 Å². The van der Waals surface area contributed by atoms with E-state index >= 15 is 0 Å². The fourth-order valence-electron chi connectivity index (χ4n) is 1.83. The molecule has 1 fully saturated rings. The molecule has 1 saturated carbocycles. The lowest BCUT2D eigenvalue weighted by Crippen LogP contribution is -2.41. The summed E-state index contributed by atoms with van der Waals surface area (Å²) in [5, 5.41) is 2.99. The number of alkyl carbamates (subject to hydrolysis) is 1. The molecule has 1 N–H and O–H groups in total. The smallest absolute Gasteiger partial charge is 0.408 e. The second kappa shape index (κ2) is 4.03. The lowest BCUT2D eigenvalue weighted by molar-refractivity contribution is 0.0490. The zero-order valence-corrected chi connectivity index (χ0v) is 10.5. The first-order valence-corrected chi connectivity index (χ1v) is 5.74. The monoisotopic (exact) mass is 213 g/mol. The number of rotatable bonds is 3. The molecule has 0 atom stereocenters. The summed E-state index contributed by atoms with van der Waals surface area (Å²) in [5.74, 6) is 0.613.